The smallest absolute Gasteiger partial charge is 0.310 e. The molecule has 0 bridgehead atoms. The number of ether oxygens (including phenoxy) is 1. The Morgan fingerprint density at radius 2 is 1.95 bits per heavy atom. The molecule has 1 aromatic carbocycles. The Morgan fingerprint density at radius 1 is 1.26 bits per heavy atom. The quantitative estimate of drug-likeness (QED) is 0.618. The highest BCUT2D eigenvalue weighted by molar-refractivity contribution is 9.10. The van der Waals surface area contributed by atoms with Crippen molar-refractivity contribution in [1.82, 2.24) is 5.32 Å². The summed E-state index contributed by atoms with van der Waals surface area (Å²) in [6, 6.07) is 7.40. The minimum Gasteiger partial charge on any atom is -0.455 e. The molecule has 5 heteroatoms. The number of hydrogen-bond acceptors (Lipinski definition) is 3. The van der Waals surface area contributed by atoms with E-state index in [9.17, 15) is 9.59 Å². The van der Waals surface area contributed by atoms with Gasteiger partial charge in [-0.05, 0) is 24.1 Å². The second-order valence-corrected chi connectivity index (χ2v) is 5.08. The fraction of sp³-hybridized carbons (Fsp3) is 0.429. The highest BCUT2D eigenvalue weighted by Gasteiger charge is 2.08. The average molecular weight is 328 g/mol. The zero-order chi connectivity index (χ0) is 14.1. The molecule has 1 N–H and O–H groups in total. The lowest BCUT2D eigenvalue weighted by Crippen LogP contribution is -2.29. The third-order valence-electron chi connectivity index (χ3n) is 2.48. The van der Waals surface area contributed by atoms with Gasteiger partial charge in [-0.25, -0.2) is 0 Å². The molecule has 1 rings (SSSR count). The molecule has 0 fully saturated rings. The van der Waals surface area contributed by atoms with E-state index in [2.05, 4.69) is 21.2 Å². The molecular weight excluding hydrogens is 310 g/mol. The van der Waals surface area contributed by atoms with Crippen molar-refractivity contribution in [2.75, 3.05) is 13.2 Å². The molecule has 0 saturated heterocycles. The van der Waals surface area contributed by atoms with E-state index in [1.165, 1.54) is 0 Å². The van der Waals surface area contributed by atoms with Crippen molar-refractivity contribution in [1.29, 1.82) is 0 Å². The molecule has 0 aliphatic rings. The van der Waals surface area contributed by atoms with Crippen LogP contribution >= 0.6 is 15.9 Å². The van der Waals surface area contributed by atoms with Crippen LogP contribution in [0.25, 0.3) is 0 Å². The first kappa shape index (κ1) is 15.7. The van der Waals surface area contributed by atoms with E-state index in [-0.39, 0.29) is 18.9 Å². The van der Waals surface area contributed by atoms with E-state index in [0.29, 0.717) is 6.54 Å². The Bertz CT molecular complexity index is 417. The third-order valence-corrected chi connectivity index (χ3v) is 3.01. The first-order valence-electron chi connectivity index (χ1n) is 6.28. The summed E-state index contributed by atoms with van der Waals surface area (Å²) in [4.78, 5) is 22.8. The summed E-state index contributed by atoms with van der Waals surface area (Å²) in [6.45, 7) is 2.46. The maximum Gasteiger partial charge on any atom is 0.310 e. The van der Waals surface area contributed by atoms with Crippen LogP contribution in [0.15, 0.2) is 28.7 Å². The maximum atomic E-state index is 11.5. The number of benzene rings is 1. The molecule has 0 atom stereocenters. The van der Waals surface area contributed by atoms with Gasteiger partial charge in [0.25, 0.3) is 5.91 Å². The summed E-state index contributed by atoms with van der Waals surface area (Å²) < 4.78 is 5.86. The number of unbranched alkanes of at least 4 members (excludes halogenated alkanes) is 1. The van der Waals surface area contributed by atoms with Gasteiger partial charge in [-0.15, -0.1) is 0 Å². The molecule has 0 aliphatic heterocycles. The first-order chi connectivity index (χ1) is 9.11. The summed E-state index contributed by atoms with van der Waals surface area (Å²) in [5.41, 5.74) is 0.861. The lowest BCUT2D eigenvalue weighted by molar-refractivity contribution is -0.147. The van der Waals surface area contributed by atoms with Crippen LogP contribution in [0.1, 0.15) is 25.3 Å². The van der Waals surface area contributed by atoms with Crippen LogP contribution in [-0.4, -0.2) is 25.0 Å². The molecule has 0 unspecified atom stereocenters. The Labute approximate surface area is 121 Å². The number of esters is 1. The van der Waals surface area contributed by atoms with Gasteiger partial charge in [-0.1, -0.05) is 41.4 Å². The van der Waals surface area contributed by atoms with Gasteiger partial charge in [0.1, 0.15) is 0 Å². The number of amides is 1. The average Bonchev–Trinajstić information content (AvgIpc) is 2.39. The van der Waals surface area contributed by atoms with Crippen molar-refractivity contribution < 1.29 is 14.3 Å². The van der Waals surface area contributed by atoms with Crippen LogP contribution in [0.4, 0.5) is 0 Å². The molecule has 0 radical (unpaired) electrons. The molecule has 4 nitrogen and oxygen atoms in total. The standard InChI is InChI=1S/C14H18BrNO3/c1-2-3-8-16-13(17)10-19-14(18)9-11-4-6-12(15)7-5-11/h4-7H,2-3,8-10H2,1H3,(H,16,17). The van der Waals surface area contributed by atoms with E-state index in [1.807, 2.05) is 31.2 Å². The molecule has 0 aromatic heterocycles. The van der Waals surface area contributed by atoms with Crippen molar-refractivity contribution in [2.24, 2.45) is 0 Å². The molecule has 19 heavy (non-hydrogen) atoms. The topological polar surface area (TPSA) is 55.4 Å². The van der Waals surface area contributed by atoms with Gasteiger partial charge >= 0.3 is 5.97 Å². The zero-order valence-corrected chi connectivity index (χ0v) is 12.5. The summed E-state index contributed by atoms with van der Waals surface area (Å²) in [5, 5.41) is 2.69. The molecule has 0 heterocycles. The molecule has 104 valence electrons. The van der Waals surface area contributed by atoms with Crippen molar-refractivity contribution >= 4 is 27.8 Å². The second kappa shape index (κ2) is 8.69. The second-order valence-electron chi connectivity index (χ2n) is 4.17. The summed E-state index contributed by atoms with van der Waals surface area (Å²) in [6.07, 6.45) is 2.12. The van der Waals surface area contributed by atoms with E-state index in [0.717, 1.165) is 22.9 Å². The predicted molar refractivity (Wildman–Crippen MR) is 76.7 cm³/mol. The van der Waals surface area contributed by atoms with Crippen molar-refractivity contribution in [3.8, 4) is 0 Å². The van der Waals surface area contributed by atoms with E-state index in [4.69, 9.17) is 4.74 Å². The molecule has 0 aliphatic carbocycles. The molecule has 1 amide bonds. The van der Waals surface area contributed by atoms with Crippen LogP contribution in [0.3, 0.4) is 0 Å². The first-order valence-corrected chi connectivity index (χ1v) is 7.08. The monoisotopic (exact) mass is 327 g/mol. The van der Waals surface area contributed by atoms with Crippen molar-refractivity contribution in [3.05, 3.63) is 34.3 Å². The lowest BCUT2D eigenvalue weighted by Gasteiger charge is -2.06. The Morgan fingerprint density at radius 3 is 2.58 bits per heavy atom. The number of carbonyl (C=O) groups excluding carboxylic acids is 2. The van der Waals surface area contributed by atoms with Crippen LogP contribution in [0.2, 0.25) is 0 Å². The number of halogens is 1. The lowest BCUT2D eigenvalue weighted by atomic mass is 10.2. The molecule has 0 spiro atoms. The molecule has 1 aromatic rings. The Hall–Kier alpha value is -1.36. The minimum atomic E-state index is -0.395. The highest BCUT2D eigenvalue weighted by atomic mass is 79.9. The van der Waals surface area contributed by atoms with Crippen LogP contribution in [0, 0.1) is 0 Å². The van der Waals surface area contributed by atoms with Crippen LogP contribution in [-0.2, 0) is 20.7 Å². The number of nitrogens with one attached hydrogen (secondary N) is 1. The van der Waals surface area contributed by atoms with Gasteiger partial charge in [0.05, 0.1) is 6.42 Å². The van der Waals surface area contributed by atoms with Crippen LogP contribution in [0.5, 0.6) is 0 Å². The fourth-order valence-corrected chi connectivity index (χ4v) is 1.69. The van der Waals surface area contributed by atoms with Gasteiger partial charge in [0.15, 0.2) is 6.61 Å². The van der Waals surface area contributed by atoms with E-state index < -0.39 is 5.97 Å². The Kier molecular flexibility index (Phi) is 7.18. The van der Waals surface area contributed by atoms with Crippen LogP contribution < -0.4 is 5.32 Å². The van der Waals surface area contributed by atoms with E-state index >= 15 is 0 Å². The van der Waals surface area contributed by atoms with Gasteiger partial charge in [-0.2, -0.15) is 0 Å². The Balaban J connectivity index is 2.24. The SMILES string of the molecule is CCCCNC(=O)COC(=O)Cc1ccc(Br)cc1. The number of hydrogen-bond donors (Lipinski definition) is 1. The molecular formula is C14H18BrNO3. The minimum absolute atomic E-state index is 0.176. The highest BCUT2D eigenvalue weighted by Crippen LogP contribution is 2.11. The maximum absolute atomic E-state index is 11.5. The van der Waals surface area contributed by atoms with Gasteiger partial charge in [-0.3, -0.25) is 9.59 Å². The van der Waals surface area contributed by atoms with Gasteiger partial charge in [0, 0.05) is 11.0 Å². The normalized spacial score (nSPS) is 10.0. The van der Waals surface area contributed by atoms with Crippen molar-refractivity contribution in [2.45, 2.75) is 26.2 Å². The van der Waals surface area contributed by atoms with Crippen molar-refractivity contribution in [3.63, 3.8) is 0 Å². The summed E-state index contributed by atoms with van der Waals surface area (Å²) in [5.74, 6) is -0.648. The molecule has 0 saturated carbocycles. The fourth-order valence-electron chi connectivity index (χ4n) is 1.42. The zero-order valence-electron chi connectivity index (χ0n) is 10.9. The number of carbonyl (C=O) groups is 2. The van der Waals surface area contributed by atoms with Gasteiger partial charge in [0.2, 0.25) is 0 Å². The number of rotatable bonds is 7. The third kappa shape index (κ3) is 6.96. The van der Waals surface area contributed by atoms with Gasteiger partial charge < -0.3 is 10.1 Å². The largest absolute Gasteiger partial charge is 0.455 e. The summed E-state index contributed by atoms with van der Waals surface area (Å²) >= 11 is 3.32. The predicted octanol–water partition coefficient (Wildman–Crippen LogP) is 2.45. The van der Waals surface area contributed by atoms with E-state index in [1.54, 1.807) is 0 Å². The summed E-state index contributed by atoms with van der Waals surface area (Å²) in [7, 11) is 0.